The van der Waals surface area contributed by atoms with Crippen LogP contribution in [0, 0.1) is 0 Å². The van der Waals surface area contributed by atoms with E-state index >= 15 is 0 Å². The number of rotatable bonds is 4. The van der Waals surface area contributed by atoms with Crippen LogP contribution in [0.3, 0.4) is 0 Å². The fraction of sp³-hybridized carbons (Fsp3) is 0.304. The molecule has 162 valence electrons. The van der Waals surface area contributed by atoms with E-state index < -0.39 is 0 Å². The first-order valence-electron chi connectivity index (χ1n) is 10.8. The Morgan fingerprint density at radius 3 is 3.03 bits per heavy atom. The van der Waals surface area contributed by atoms with Crippen LogP contribution < -0.4 is 15.4 Å². The zero-order chi connectivity index (χ0) is 21.5. The molecule has 9 nitrogen and oxygen atoms in total. The van der Waals surface area contributed by atoms with Crippen molar-refractivity contribution in [2.75, 3.05) is 11.9 Å². The molecule has 1 aliphatic carbocycles. The zero-order valence-corrected chi connectivity index (χ0v) is 17.4. The van der Waals surface area contributed by atoms with E-state index in [1.54, 1.807) is 10.8 Å². The van der Waals surface area contributed by atoms with Crippen LogP contribution in [0.4, 0.5) is 10.6 Å². The number of carbonyl (C=O) groups excluding carboxylic acids is 1. The molecule has 0 atom stereocenters. The van der Waals surface area contributed by atoms with Gasteiger partial charge >= 0.3 is 6.03 Å². The molecule has 3 aromatic heterocycles. The normalized spacial score (nSPS) is 15.9. The third-order valence-electron chi connectivity index (χ3n) is 6.21. The predicted octanol–water partition coefficient (Wildman–Crippen LogP) is 4.21. The van der Waals surface area contributed by atoms with Crippen molar-refractivity contribution < 1.29 is 14.1 Å². The Morgan fingerprint density at radius 2 is 2.16 bits per heavy atom. The van der Waals surface area contributed by atoms with Crippen molar-refractivity contribution >= 4 is 22.8 Å². The second kappa shape index (κ2) is 7.76. The van der Waals surface area contributed by atoms with Gasteiger partial charge in [-0.25, -0.2) is 14.8 Å². The Kier molecular flexibility index (Phi) is 4.61. The number of anilines is 1. The summed E-state index contributed by atoms with van der Waals surface area (Å²) in [4.78, 5) is 21.5. The molecule has 32 heavy (non-hydrogen) atoms. The van der Waals surface area contributed by atoms with E-state index in [1.165, 1.54) is 12.7 Å². The lowest BCUT2D eigenvalue weighted by Crippen LogP contribution is -2.25. The standard InChI is InChI=1S/C23H22N6O3/c30-23(27-21-11-20(32-28-21)14-2-1-3-14)29-9-7-15-10-16(4-5-19(15)29)31-22-17-6-8-24-12-18(17)25-13-26-22/h4-5,7,9-11,13-14,24H,1-3,6,8,12H2,(H,27,28,30). The maximum atomic E-state index is 12.8. The number of aromatic nitrogens is 4. The lowest BCUT2D eigenvalue weighted by atomic mass is 9.84. The summed E-state index contributed by atoms with van der Waals surface area (Å²) in [5.74, 6) is 2.95. The summed E-state index contributed by atoms with van der Waals surface area (Å²) < 4.78 is 13.0. The lowest BCUT2D eigenvalue weighted by Gasteiger charge is -2.21. The minimum absolute atomic E-state index is 0.292. The van der Waals surface area contributed by atoms with Gasteiger partial charge in [0.25, 0.3) is 0 Å². The van der Waals surface area contributed by atoms with Gasteiger partial charge in [0.2, 0.25) is 5.88 Å². The van der Waals surface area contributed by atoms with Gasteiger partial charge in [-0.1, -0.05) is 11.6 Å². The molecule has 0 saturated heterocycles. The van der Waals surface area contributed by atoms with E-state index in [9.17, 15) is 4.79 Å². The Labute approximate surface area is 183 Å². The molecule has 0 radical (unpaired) electrons. The van der Waals surface area contributed by atoms with Gasteiger partial charge in [-0.3, -0.25) is 9.88 Å². The van der Waals surface area contributed by atoms with Gasteiger partial charge in [0.05, 0.1) is 11.2 Å². The van der Waals surface area contributed by atoms with Gasteiger partial charge in [-0.15, -0.1) is 0 Å². The number of hydrogen-bond acceptors (Lipinski definition) is 7. The summed E-state index contributed by atoms with van der Waals surface area (Å²) >= 11 is 0. The van der Waals surface area contributed by atoms with Crippen molar-refractivity contribution in [3.05, 3.63) is 59.9 Å². The highest BCUT2D eigenvalue weighted by atomic mass is 16.5. The lowest BCUT2D eigenvalue weighted by molar-refractivity contribution is 0.254. The van der Waals surface area contributed by atoms with Crippen LogP contribution in [0.2, 0.25) is 0 Å². The Hall–Kier alpha value is -3.72. The molecule has 0 unspecified atom stereocenters. The van der Waals surface area contributed by atoms with Crippen molar-refractivity contribution in [1.82, 2.24) is 25.0 Å². The topological polar surface area (TPSA) is 107 Å². The molecule has 6 rings (SSSR count). The van der Waals surface area contributed by atoms with E-state index in [-0.39, 0.29) is 6.03 Å². The van der Waals surface area contributed by atoms with E-state index in [0.29, 0.717) is 23.4 Å². The molecule has 4 aromatic rings. The largest absolute Gasteiger partial charge is 0.439 e. The molecule has 1 saturated carbocycles. The SMILES string of the molecule is O=C(Nc1cc(C2CCC2)on1)n1ccc2cc(Oc3ncnc4c3CCNC4)ccc21. The van der Waals surface area contributed by atoms with Crippen LogP contribution in [0.25, 0.3) is 10.9 Å². The molecular weight excluding hydrogens is 408 g/mol. The van der Waals surface area contributed by atoms with Crippen molar-refractivity contribution in [3.63, 3.8) is 0 Å². The quantitative estimate of drug-likeness (QED) is 0.499. The predicted molar refractivity (Wildman–Crippen MR) is 117 cm³/mol. The minimum atomic E-state index is -0.292. The summed E-state index contributed by atoms with van der Waals surface area (Å²) in [6.45, 7) is 1.60. The van der Waals surface area contributed by atoms with Crippen LogP contribution in [0.5, 0.6) is 11.6 Å². The van der Waals surface area contributed by atoms with Crippen molar-refractivity contribution in [2.45, 2.75) is 38.1 Å². The summed E-state index contributed by atoms with van der Waals surface area (Å²) in [5, 5.41) is 11.0. The fourth-order valence-corrected chi connectivity index (χ4v) is 4.22. The molecule has 1 fully saturated rings. The van der Waals surface area contributed by atoms with Gasteiger partial charge in [-0.2, -0.15) is 0 Å². The van der Waals surface area contributed by atoms with E-state index in [0.717, 1.165) is 60.3 Å². The summed E-state index contributed by atoms with van der Waals surface area (Å²) in [6.07, 6.45) is 7.53. The molecule has 2 N–H and O–H groups in total. The number of fused-ring (bicyclic) bond motifs is 2. The van der Waals surface area contributed by atoms with Crippen LogP contribution >= 0.6 is 0 Å². The van der Waals surface area contributed by atoms with Crippen LogP contribution in [-0.4, -0.2) is 32.3 Å². The first kappa shape index (κ1) is 19.0. The van der Waals surface area contributed by atoms with Gasteiger partial charge in [0, 0.05) is 35.7 Å². The van der Waals surface area contributed by atoms with Gasteiger partial charge in [-0.05, 0) is 50.1 Å². The third kappa shape index (κ3) is 3.40. The first-order valence-corrected chi connectivity index (χ1v) is 10.8. The smallest absolute Gasteiger partial charge is 0.331 e. The molecule has 1 amide bonds. The van der Waals surface area contributed by atoms with Crippen molar-refractivity contribution in [3.8, 4) is 11.6 Å². The fourth-order valence-electron chi connectivity index (χ4n) is 4.22. The average molecular weight is 430 g/mol. The van der Waals surface area contributed by atoms with Gasteiger partial charge in [0.1, 0.15) is 17.8 Å². The first-order chi connectivity index (χ1) is 15.7. The number of nitrogens with zero attached hydrogens (tertiary/aromatic N) is 4. The number of nitrogens with one attached hydrogen (secondary N) is 2. The Morgan fingerprint density at radius 1 is 1.22 bits per heavy atom. The number of benzene rings is 1. The number of carbonyl (C=O) groups is 1. The zero-order valence-electron chi connectivity index (χ0n) is 17.4. The van der Waals surface area contributed by atoms with Gasteiger partial charge in [0.15, 0.2) is 5.82 Å². The molecule has 0 bridgehead atoms. The van der Waals surface area contributed by atoms with Crippen LogP contribution in [0.1, 0.15) is 42.2 Å². The van der Waals surface area contributed by atoms with Crippen molar-refractivity contribution in [2.24, 2.45) is 0 Å². The monoisotopic (exact) mass is 430 g/mol. The minimum Gasteiger partial charge on any atom is -0.439 e. The Bertz CT molecular complexity index is 1310. The molecule has 2 aliphatic rings. The number of hydrogen-bond donors (Lipinski definition) is 2. The summed E-state index contributed by atoms with van der Waals surface area (Å²) in [5.41, 5.74) is 2.78. The molecule has 1 aliphatic heterocycles. The average Bonchev–Trinajstić information content (AvgIpc) is 3.39. The number of amides is 1. The number of ether oxygens (including phenoxy) is 1. The molecule has 4 heterocycles. The van der Waals surface area contributed by atoms with E-state index in [1.807, 2.05) is 30.3 Å². The second-order valence-corrected chi connectivity index (χ2v) is 8.21. The van der Waals surface area contributed by atoms with Crippen LogP contribution in [-0.2, 0) is 13.0 Å². The molecule has 1 aromatic carbocycles. The van der Waals surface area contributed by atoms with Crippen molar-refractivity contribution in [1.29, 1.82) is 0 Å². The molecule has 0 spiro atoms. The highest BCUT2D eigenvalue weighted by Crippen LogP contribution is 2.37. The molecular formula is C23H22N6O3. The molecule has 9 heteroatoms. The Balaban J connectivity index is 1.21. The second-order valence-electron chi connectivity index (χ2n) is 8.21. The maximum Gasteiger partial charge on any atom is 0.331 e. The summed E-state index contributed by atoms with van der Waals surface area (Å²) in [6, 6.07) is 9.01. The summed E-state index contributed by atoms with van der Waals surface area (Å²) in [7, 11) is 0. The van der Waals surface area contributed by atoms with Gasteiger partial charge < -0.3 is 14.6 Å². The highest BCUT2D eigenvalue weighted by molar-refractivity contribution is 5.98. The van der Waals surface area contributed by atoms with Crippen LogP contribution in [0.15, 0.2) is 47.4 Å². The van der Waals surface area contributed by atoms with E-state index in [4.69, 9.17) is 9.26 Å². The van der Waals surface area contributed by atoms with E-state index in [2.05, 4.69) is 25.8 Å². The maximum absolute atomic E-state index is 12.8. The highest BCUT2D eigenvalue weighted by Gasteiger charge is 2.24. The third-order valence-corrected chi connectivity index (χ3v) is 6.21.